The van der Waals surface area contributed by atoms with Gasteiger partial charge in [0.05, 0.1) is 6.61 Å². The fourth-order valence-corrected chi connectivity index (χ4v) is 1.33. The normalized spacial score (nSPS) is 12.9. The summed E-state index contributed by atoms with van der Waals surface area (Å²) < 4.78 is 5.03. The lowest BCUT2D eigenvalue weighted by molar-refractivity contribution is -0.145. The van der Waals surface area contributed by atoms with Gasteiger partial charge in [-0.05, 0) is 25.8 Å². The fraction of sp³-hybridized carbons (Fsp3) is 0.917. The summed E-state index contributed by atoms with van der Waals surface area (Å²) in [6.45, 7) is 9.57. The summed E-state index contributed by atoms with van der Waals surface area (Å²) in [5, 5.41) is 3.26. The first-order valence-corrected chi connectivity index (χ1v) is 6.01. The van der Waals surface area contributed by atoms with Gasteiger partial charge in [0.1, 0.15) is 6.04 Å². The van der Waals surface area contributed by atoms with Crippen LogP contribution >= 0.6 is 0 Å². The molecule has 0 fully saturated rings. The van der Waals surface area contributed by atoms with Crippen molar-refractivity contribution in [2.45, 2.75) is 53.0 Å². The van der Waals surface area contributed by atoms with Crippen LogP contribution in [-0.4, -0.2) is 25.2 Å². The van der Waals surface area contributed by atoms with E-state index in [1.807, 2.05) is 6.92 Å². The lowest BCUT2D eigenvalue weighted by Gasteiger charge is -2.18. The van der Waals surface area contributed by atoms with E-state index in [1.54, 1.807) is 0 Å². The molecule has 0 saturated carbocycles. The van der Waals surface area contributed by atoms with Gasteiger partial charge >= 0.3 is 5.97 Å². The second-order valence-corrected chi connectivity index (χ2v) is 4.25. The number of carbonyl (C=O) groups is 1. The van der Waals surface area contributed by atoms with Crippen molar-refractivity contribution >= 4 is 5.97 Å². The molecule has 1 N–H and O–H groups in total. The fourth-order valence-electron chi connectivity index (χ4n) is 1.33. The van der Waals surface area contributed by atoms with E-state index in [0.717, 1.165) is 25.8 Å². The van der Waals surface area contributed by atoms with Crippen molar-refractivity contribution in [2.75, 3.05) is 13.2 Å². The van der Waals surface area contributed by atoms with Crippen LogP contribution in [0.15, 0.2) is 0 Å². The third-order valence-electron chi connectivity index (χ3n) is 2.19. The lowest BCUT2D eigenvalue weighted by Crippen LogP contribution is -2.39. The summed E-state index contributed by atoms with van der Waals surface area (Å²) in [6.07, 6.45) is 3.05. The summed E-state index contributed by atoms with van der Waals surface area (Å²) in [6, 6.07) is -0.118. The molecule has 90 valence electrons. The van der Waals surface area contributed by atoms with Gasteiger partial charge in [-0.3, -0.25) is 4.79 Å². The van der Waals surface area contributed by atoms with Gasteiger partial charge in [-0.25, -0.2) is 0 Å². The van der Waals surface area contributed by atoms with Gasteiger partial charge in [0.15, 0.2) is 0 Å². The molecular formula is C12H25NO2. The third kappa shape index (κ3) is 7.37. The molecule has 0 aliphatic heterocycles. The first-order valence-electron chi connectivity index (χ1n) is 6.01. The average Bonchev–Trinajstić information content (AvgIpc) is 2.17. The van der Waals surface area contributed by atoms with E-state index >= 15 is 0 Å². The maximum absolute atomic E-state index is 11.6. The Bertz CT molecular complexity index is 169. The predicted octanol–water partition coefficient (Wildman–Crippen LogP) is 2.35. The topological polar surface area (TPSA) is 38.3 Å². The van der Waals surface area contributed by atoms with Gasteiger partial charge in [-0.2, -0.15) is 0 Å². The van der Waals surface area contributed by atoms with E-state index < -0.39 is 0 Å². The highest BCUT2D eigenvalue weighted by molar-refractivity contribution is 5.75. The molecule has 0 aromatic rings. The monoisotopic (exact) mass is 215 g/mol. The number of nitrogens with one attached hydrogen (secondary N) is 1. The van der Waals surface area contributed by atoms with E-state index in [4.69, 9.17) is 4.74 Å². The van der Waals surface area contributed by atoms with Crippen molar-refractivity contribution in [3.63, 3.8) is 0 Å². The number of hydrogen-bond donors (Lipinski definition) is 1. The number of hydrogen-bond acceptors (Lipinski definition) is 3. The quantitative estimate of drug-likeness (QED) is 0.632. The van der Waals surface area contributed by atoms with Gasteiger partial charge in [-0.15, -0.1) is 0 Å². The molecule has 0 aliphatic rings. The van der Waals surface area contributed by atoms with E-state index in [0.29, 0.717) is 12.5 Å². The molecule has 0 amide bonds. The smallest absolute Gasteiger partial charge is 0.323 e. The van der Waals surface area contributed by atoms with Gasteiger partial charge in [0.2, 0.25) is 0 Å². The Kier molecular flexibility index (Phi) is 8.38. The molecule has 0 saturated heterocycles. The van der Waals surface area contributed by atoms with Crippen LogP contribution in [0.2, 0.25) is 0 Å². The van der Waals surface area contributed by atoms with Crippen LogP contribution in [0.3, 0.4) is 0 Å². The number of esters is 1. The molecule has 15 heavy (non-hydrogen) atoms. The summed E-state index contributed by atoms with van der Waals surface area (Å²) in [7, 11) is 0. The van der Waals surface area contributed by atoms with E-state index in [1.165, 1.54) is 0 Å². The first kappa shape index (κ1) is 14.4. The van der Waals surface area contributed by atoms with Crippen LogP contribution in [0, 0.1) is 5.92 Å². The summed E-state index contributed by atoms with van der Waals surface area (Å²) in [5.41, 5.74) is 0. The van der Waals surface area contributed by atoms with Crippen LogP contribution in [0.4, 0.5) is 0 Å². The van der Waals surface area contributed by atoms with Crippen LogP contribution in [0.5, 0.6) is 0 Å². The number of rotatable bonds is 8. The maximum Gasteiger partial charge on any atom is 0.323 e. The van der Waals surface area contributed by atoms with Crippen molar-refractivity contribution < 1.29 is 9.53 Å². The Morgan fingerprint density at radius 2 is 2.00 bits per heavy atom. The molecule has 3 nitrogen and oxygen atoms in total. The molecule has 0 heterocycles. The average molecular weight is 215 g/mol. The van der Waals surface area contributed by atoms with E-state index in [2.05, 4.69) is 26.1 Å². The minimum Gasteiger partial charge on any atom is -0.465 e. The van der Waals surface area contributed by atoms with Gasteiger partial charge < -0.3 is 10.1 Å². The highest BCUT2D eigenvalue weighted by atomic mass is 16.5. The van der Waals surface area contributed by atoms with Gasteiger partial charge in [-0.1, -0.05) is 33.6 Å². The van der Waals surface area contributed by atoms with E-state index in [-0.39, 0.29) is 12.0 Å². The molecule has 0 rings (SSSR count). The molecule has 3 heteroatoms. The van der Waals surface area contributed by atoms with Crippen molar-refractivity contribution in [1.29, 1.82) is 0 Å². The number of ether oxygens (including phenoxy) is 1. The molecule has 0 aliphatic carbocycles. The summed E-state index contributed by atoms with van der Waals surface area (Å²) >= 11 is 0. The van der Waals surface area contributed by atoms with Crippen molar-refractivity contribution in [3.05, 3.63) is 0 Å². The Balaban J connectivity index is 3.98. The Labute approximate surface area is 93.6 Å². The standard InChI is InChI=1S/C12H25NO2/c1-5-7-8-11(12(14)15-6-2)13-9-10(3)4/h10-11,13H,5-9H2,1-4H3. The number of carbonyl (C=O) groups excluding carboxylic acids is 1. The molecular weight excluding hydrogens is 190 g/mol. The van der Waals surface area contributed by atoms with Gasteiger partial charge in [0.25, 0.3) is 0 Å². The summed E-state index contributed by atoms with van der Waals surface area (Å²) in [4.78, 5) is 11.6. The zero-order chi connectivity index (χ0) is 11.7. The highest BCUT2D eigenvalue weighted by Gasteiger charge is 2.18. The largest absolute Gasteiger partial charge is 0.465 e. The second kappa shape index (κ2) is 8.72. The SMILES string of the molecule is CCCCC(NCC(C)C)C(=O)OCC. The second-order valence-electron chi connectivity index (χ2n) is 4.25. The van der Waals surface area contributed by atoms with Crippen molar-refractivity contribution in [2.24, 2.45) is 5.92 Å². The molecule has 0 radical (unpaired) electrons. The molecule has 0 bridgehead atoms. The first-order chi connectivity index (χ1) is 7.11. The van der Waals surface area contributed by atoms with Crippen LogP contribution in [-0.2, 0) is 9.53 Å². The minimum atomic E-state index is -0.118. The van der Waals surface area contributed by atoms with Gasteiger partial charge in [0, 0.05) is 0 Å². The third-order valence-corrected chi connectivity index (χ3v) is 2.19. The van der Waals surface area contributed by atoms with E-state index in [9.17, 15) is 4.79 Å². The maximum atomic E-state index is 11.6. The summed E-state index contributed by atoms with van der Waals surface area (Å²) in [5.74, 6) is 0.454. The number of unbranched alkanes of at least 4 members (excludes halogenated alkanes) is 1. The molecule has 1 atom stereocenters. The van der Waals surface area contributed by atoms with Crippen LogP contribution in [0.1, 0.15) is 47.0 Å². The van der Waals surface area contributed by atoms with Crippen molar-refractivity contribution in [3.8, 4) is 0 Å². The Hall–Kier alpha value is -0.570. The molecule has 0 aromatic heterocycles. The Morgan fingerprint density at radius 1 is 1.33 bits per heavy atom. The Morgan fingerprint density at radius 3 is 2.47 bits per heavy atom. The lowest BCUT2D eigenvalue weighted by atomic mass is 10.1. The zero-order valence-corrected chi connectivity index (χ0v) is 10.5. The molecule has 0 aromatic carbocycles. The molecule has 0 spiro atoms. The molecule has 1 unspecified atom stereocenters. The minimum absolute atomic E-state index is 0.105. The van der Waals surface area contributed by atoms with Crippen LogP contribution in [0.25, 0.3) is 0 Å². The zero-order valence-electron chi connectivity index (χ0n) is 10.5. The van der Waals surface area contributed by atoms with Crippen LogP contribution < -0.4 is 5.32 Å². The predicted molar refractivity (Wildman–Crippen MR) is 62.8 cm³/mol. The van der Waals surface area contributed by atoms with Crippen molar-refractivity contribution in [1.82, 2.24) is 5.32 Å². The highest BCUT2D eigenvalue weighted by Crippen LogP contribution is 2.03.